The number of halogens is 1. The monoisotopic (exact) mass is 559 g/mol. The van der Waals surface area contributed by atoms with Crippen molar-refractivity contribution in [2.75, 3.05) is 0 Å². The summed E-state index contributed by atoms with van der Waals surface area (Å²) in [5.41, 5.74) is -4.81. The number of esters is 1. The summed E-state index contributed by atoms with van der Waals surface area (Å²) in [6, 6.07) is 6.74. The molecule has 15 heteroatoms. The molecule has 0 radical (unpaired) electrons. The Hall–Kier alpha value is -3.03. The van der Waals surface area contributed by atoms with Gasteiger partial charge in [-0.3, -0.25) is 23.7 Å². The fourth-order valence-electron chi connectivity index (χ4n) is 3.78. The third-order valence-corrected chi connectivity index (χ3v) is 7.42. The van der Waals surface area contributed by atoms with E-state index in [1.165, 1.54) is 26.0 Å². The average molecular weight is 559 g/mol. The van der Waals surface area contributed by atoms with Gasteiger partial charge in [0.25, 0.3) is 5.56 Å². The summed E-state index contributed by atoms with van der Waals surface area (Å²) in [7, 11) is -4.41. The number of aliphatic hydroxyl groups excluding tert-OH is 1. The Kier molecular flexibility index (Phi) is 8.84. The first kappa shape index (κ1) is 29.5. The smallest absolute Gasteiger partial charge is 0.459 e. The molecule has 1 aliphatic heterocycles. The molecule has 0 bridgehead atoms. The predicted molar refractivity (Wildman–Crippen MR) is 131 cm³/mol. The van der Waals surface area contributed by atoms with Crippen LogP contribution in [0.1, 0.15) is 40.8 Å². The number of hydrogen-bond donors (Lipinski definition) is 4. The van der Waals surface area contributed by atoms with E-state index in [9.17, 15) is 29.2 Å². The molecule has 210 valence electrons. The molecule has 0 spiro atoms. The minimum Gasteiger partial charge on any atom is -0.502 e. The van der Waals surface area contributed by atoms with Crippen LogP contribution >= 0.6 is 7.75 Å². The zero-order chi connectivity index (χ0) is 28.4. The molecule has 7 unspecified atom stereocenters. The van der Waals surface area contributed by atoms with E-state index in [4.69, 9.17) is 18.5 Å². The molecule has 2 aromatic rings. The Labute approximate surface area is 217 Å². The number of benzene rings is 1. The Morgan fingerprint density at radius 1 is 1.24 bits per heavy atom. The van der Waals surface area contributed by atoms with Gasteiger partial charge in [-0.25, -0.2) is 13.8 Å². The summed E-state index contributed by atoms with van der Waals surface area (Å²) in [5.74, 6) is -1.49. The molecule has 0 saturated carbocycles. The highest BCUT2D eigenvalue weighted by Crippen LogP contribution is 2.49. The topological polar surface area (TPSA) is 178 Å². The molecule has 0 aliphatic carbocycles. The number of carbonyl (C=O) groups is 1. The number of hydrogen-bond acceptors (Lipinski definition) is 10. The van der Waals surface area contributed by atoms with E-state index in [2.05, 4.69) is 5.09 Å². The SMILES string of the molecule is CC(C)OC(=O)C(C)NP(=O)(Oc1ccccc1)OC(C)C1OC(n2cc(O)c(=O)[nH]c2=O)C(C)(F)C1O. The molecular weight excluding hydrogens is 528 g/mol. The van der Waals surface area contributed by atoms with Gasteiger partial charge < -0.3 is 24.2 Å². The Morgan fingerprint density at radius 2 is 1.87 bits per heavy atom. The summed E-state index contributed by atoms with van der Waals surface area (Å²) >= 11 is 0. The second-order valence-electron chi connectivity index (χ2n) is 9.28. The van der Waals surface area contributed by atoms with Gasteiger partial charge in [0.15, 0.2) is 17.6 Å². The number of nitrogens with zero attached hydrogens (tertiary/aromatic N) is 1. The van der Waals surface area contributed by atoms with Crippen LogP contribution in [0.15, 0.2) is 46.1 Å². The first-order chi connectivity index (χ1) is 17.6. The minimum absolute atomic E-state index is 0.122. The number of ether oxygens (including phenoxy) is 2. The van der Waals surface area contributed by atoms with E-state index in [1.807, 2.05) is 4.98 Å². The molecule has 1 saturated heterocycles. The summed E-state index contributed by atoms with van der Waals surface area (Å²) < 4.78 is 51.9. The third-order valence-electron chi connectivity index (χ3n) is 5.65. The molecule has 7 atom stereocenters. The normalized spacial score (nSPS) is 26.5. The van der Waals surface area contributed by atoms with E-state index >= 15 is 4.39 Å². The Bertz CT molecular complexity index is 1300. The molecular formula is C23H31FN3O10P. The van der Waals surface area contributed by atoms with E-state index in [0.29, 0.717) is 10.8 Å². The maximum atomic E-state index is 15.7. The first-order valence-corrected chi connectivity index (χ1v) is 13.3. The lowest BCUT2D eigenvalue weighted by atomic mass is 9.96. The Balaban J connectivity index is 1.88. The zero-order valence-corrected chi connectivity index (χ0v) is 22.3. The van der Waals surface area contributed by atoms with E-state index in [1.54, 1.807) is 32.0 Å². The molecule has 2 heterocycles. The van der Waals surface area contributed by atoms with Crippen LogP contribution in [-0.4, -0.2) is 61.9 Å². The Morgan fingerprint density at radius 3 is 2.47 bits per heavy atom. The van der Waals surface area contributed by atoms with Gasteiger partial charge in [0.1, 0.15) is 24.0 Å². The molecule has 1 fully saturated rings. The van der Waals surface area contributed by atoms with Gasteiger partial charge >= 0.3 is 19.4 Å². The highest BCUT2D eigenvalue weighted by molar-refractivity contribution is 7.52. The first-order valence-electron chi connectivity index (χ1n) is 11.7. The highest BCUT2D eigenvalue weighted by atomic mass is 31.2. The van der Waals surface area contributed by atoms with Crippen LogP contribution in [-0.2, 0) is 23.4 Å². The lowest BCUT2D eigenvalue weighted by Crippen LogP contribution is -2.45. The van der Waals surface area contributed by atoms with E-state index in [0.717, 1.165) is 6.92 Å². The van der Waals surface area contributed by atoms with Gasteiger partial charge in [0.2, 0.25) is 0 Å². The molecule has 4 N–H and O–H groups in total. The number of carbonyl (C=O) groups excluding carboxylic acids is 1. The molecule has 13 nitrogen and oxygen atoms in total. The van der Waals surface area contributed by atoms with Crippen LogP contribution < -0.4 is 20.9 Å². The third kappa shape index (κ3) is 6.51. The van der Waals surface area contributed by atoms with Crippen LogP contribution in [0.3, 0.4) is 0 Å². The number of alkyl halides is 1. The molecule has 1 aliphatic rings. The number of aromatic nitrogens is 2. The van der Waals surface area contributed by atoms with Gasteiger partial charge in [-0.2, -0.15) is 5.09 Å². The molecule has 38 heavy (non-hydrogen) atoms. The van der Waals surface area contributed by atoms with Crippen LogP contribution in [0.5, 0.6) is 11.5 Å². The molecule has 1 aromatic carbocycles. The summed E-state index contributed by atoms with van der Waals surface area (Å²) in [5, 5.41) is 22.9. The standard InChI is InChI=1S/C23H31FN3O10P/c1-12(2)34-20(31)13(3)26-38(33,37-15-9-7-6-8-10-15)36-14(4)17-18(29)23(5,24)21(35-17)27-11-16(28)19(30)25-22(27)32/h6-14,17-18,21,28-29H,1-5H3,(H,26,33)(H,25,30,32). The van der Waals surface area contributed by atoms with E-state index < -0.39 is 73.1 Å². The van der Waals surface area contributed by atoms with Crippen molar-refractivity contribution in [3.05, 3.63) is 57.4 Å². The number of aliphatic hydroxyl groups is 1. The fourth-order valence-corrected chi connectivity index (χ4v) is 5.47. The average Bonchev–Trinajstić information content (AvgIpc) is 3.05. The lowest BCUT2D eigenvalue weighted by molar-refractivity contribution is -0.149. The predicted octanol–water partition coefficient (Wildman–Crippen LogP) is 1.75. The number of aromatic amines is 1. The van der Waals surface area contributed by atoms with Gasteiger partial charge in [-0.15, -0.1) is 0 Å². The number of rotatable bonds is 10. The fraction of sp³-hybridized carbons (Fsp3) is 0.522. The second-order valence-corrected chi connectivity index (χ2v) is 10.9. The second kappa shape index (κ2) is 11.4. The van der Waals surface area contributed by atoms with Gasteiger partial charge in [0, 0.05) is 0 Å². The maximum absolute atomic E-state index is 15.7. The number of aromatic hydroxyl groups is 1. The van der Waals surface area contributed by atoms with Crippen molar-refractivity contribution in [3.63, 3.8) is 0 Å². The summed E-state index contributed by atoms with van der Waals surface area (Å²) in [4.78, 5) is 37.9. The van der Waals surface area contributed by atoms with Crippen molar-refractivity contribution < 1.29 is 42.5 Å². The summed E-state index contributed by atoms with van der Waals surface area (Å²) in [6.07, 6.45) is -6.34. The number of nitrogens with one attached hydrogen (secondary N) is 2. The van der Waals surface area contributed by atoms with Crippen LogP contribution in [0, 0.1) is 0 Å². The van der Waals surface area contributed by atoms with Crippen LogP contribution in [0.25, 0.3) is 0 Å². The van der Waals surface area contributed by atoms with Crippen LogP contribution in [0.4, 0.5) is 4.39 Å². The zero-order valence-electron chi connectivity index (χ0n) is 21.4. The van der Waals surface area contributed by atoms with Gasteiger partial charge in [-0.05, 0) is 46.8 Å². The minimum atomic E-state index is -4.41. The molecule has 0 amide bonds. The maximum Gasteiger partial charge on any atom is 0.459 e. The molecule has 3 rings (SSSR count). The van der Waals surface area contributed by atoms with Crippen molar-refractivity contribution in [1.29, 1.82) is 0 Å². The lowest BCUT2D eigenvalue weighted by Gasteiger charge is -2.29. The van der Waals surface area contributed by atoms with Crippen molar-refractivity contribution >= 4 is 13.7 Å². The highest BCUT2D eigenvalue weighted by Gasteiger charge is 2.58. The van der Waals surface area contributed by atoms with Crippen molar-refractivity contribution in [2.24, 2.45) is 0 Å². The largest absolute Gasteiger partial charge is 0.502 e. The summed E-state index contributed by atoms with van der Waals surface area (Å²) in [6.45, 7) is 6.93. The van der Waals surface area contributed by atoms with E-state index in [-0.39, 0.29) is 5.75 Å². The van der Waals surface area contributed by atoms with Gasteiger partial charge in [0.05, 0.1) is 18.4 Å². The van der Waals surface area contributed by atoms with Crippen LogP contribution in [0.2, 0.25) is 0 Å². The van der Waals surface area contributed by atoms with Crippen molar-refractivity contribution in [2.45, 2.75) is 77.0 Å². The molecule has 1 aromatic heterocycles. The van der Waals surface area contributed by atoms with Gasteiger partial charge in [-0.1, -0.05) is 18.2 Å². The van der Waals surface area contributed by atoms with Crippen molar-refractivity contribution in [3.8, 4) is 11.5 Å². The van der Waals surface area contributed by atoms with Crippen molar-refractivity contribution in [1.82, 2.24) is 14.6 Å². The number of H-pyrrole nitrogens is 1. The quantitative estimate of drug-likeness (QED) is 0.246. The number of para-hydroxylation sites is 1.